The second-order valence-electron chi connectivity index (χ2n) is 5.70. The second-order valence-corrected chi connectivity index (χ2v) is 5.70. The molecule has 6 heteroatoms. The Hall–Kier alpha value is -2.37. The molecule has 3 N–H and O–H groups in total. The zero-order chi connectivity index (χ0) is 15.4. The van der Waals surface area contributed by atoms with Gasteiger partial charge in [0.05, 0.1) is 17.6 Å². The van der Waals surface area contributed by atoms with Gasteiger partial charge in [-0.1, -0.05) is 31.4 Å². The highest BCUT2D eigenvalue weighted by molar-refractivity contribution is 5.94. The molecule has 0 atom stereocenters. The highest BCUT2D eigenvalue weighted by atomic mass is 16.2. The number of anilines is 1. The second kappa shape index (κ2) is 6.60. The van der Waals surface area contributed by atoms with Crippen molar-refractivity contribution in [3.05, 3.63) is 24.3 Å². The largest absolute Gasteiger partial charge is 0.347 e. The van der Waals surface area contributed by atoms with E-state index in [1.54, 1.807) is 0 Å². The Balaban J connectivity index is 1.50. The van der Waals surface area contributed by atoms with E-state index in [2.05, 4.69) is 20.6 Å². The summed E-state index contributed by atoms with van der Waals surface area (Å²) in [6, 6.07) is 7.55. The van der Waals surface area contributed by atoms with Gasteiger partial charge in [-0.25, -0.2) is 4.98 Å². The predicted molar refractivity (Wildman–Crippen MR) is 84.3 cm³/mol. The van der Waals surface area contributed by atoms with Crippen LogP contribution in [-0.2, 0) is 9.59 Å². The average molecular weight is 300 g/mol. The zero-order valence-corrected chi connectivity index (χ0v) is 12.4. The summed E-state index contributed by atoms with van der Waals surface area (Å²) in [4.78, 5) is 31.2. The number of benzene rings is 1. The maximum Gasteiger partial charge on any atom is 0.246 e. The topological polar surface area (TPSA) is 86.9 Å². The smallest absolute Gasteiger partial charge is 0.246 e. The number of nitrogens with one attached hydrogen (secondary N) is 3. The predicted octanol–water partition coefficient (Wildman–Crippen LogP) is 2.20. The molecule has 0 spiro atoms. The maximum absolute atomic E-state index is 12.0. The van der Waals surface area contributed by atoms with E-state index in [0.717, 1.165) is 36.7 Å². The highest BCUT2D eigenvalue weighted by Crippen LogP contribution is 2.23. The van der Waals surface area contributed by atoms with E-state index in [0.29, 0.717) is 5.95 Å². The number of aromatic nitrogens is 2. The molecule has 22 heavy (non-hydrogen) atoms. The number of aromatic amines is 1. The van der Waals surface area contributed by atoms with Crippen LogP contribution in [0.25, 0.3) is 11.0 Å². The molecule has 0 unspecified atom stereocenters. The lowest BCUT2D eigenvalue weighted by Crippen LogP contribution is -2.37. The molecule has 1 fully saturated rings. The standard InChI is InChI=1S/C16H20N4O2/c21-14(10-17-15(22)11-6-2-1-3-7-11)20-16-18-12-8-4-5-9-13(12)19-16/h4-5,8-9,11H,1-3,6-7,10H2,(H,17,22)(H2,18,19,20,21). The van der Waals surface area contributed by atoms with Gasteiger partial charge in [-0.05, 0) is 25.0 Å². The summed E-state index contributed by atoms with van der Waals surface area (Å²) < 4.78 is 0. The van der Waals surface area contributed by atoms with Crippen LogP contribution in [0.3, 0.4) is 0 Å². The summed E-state index contributed by atoms with van der Waals surface area (Å²) in [5.74, 6) is 0.175. The van der Waals surface area contributed by atoms with Crippen molar-refractivity contribution in [1.82, 2.24) is 15.3 Å². The van der Waals surface area contributed by atoms with Crippen molar-refractivity contribution in [2.45, 2.75) is 32.1 Å². The molecule has 6 nitrogen and oxygen atoms in total. The normalized spacial score (nSPS) is 15.6. The van der Waals surface area contributed by atoms with Gasteiger partial charge in [0.25, 0.3) is 0 Å². The van der Waals surface area contributed by atoms with Gasteiger partial charge in [0, 0.05) is 5.92 Å². The van der Waals surface area contributed by atoms with Crippen LogP contribution in [0.2, 0.25) is 0 Å². The van der Waals surface area contributed by atoms with Crippen molar-refractivity contribution in [2.24, 2.45) is 5.92 Å². The number of nitrogens with zero attached hydrogens (tertiary/aromatic N) is 1. The van der Waals surface area contributed by atoms with Crippen molar-refractivity contribution in [3.8, 4) is 0 Å². The van der Waals surface area contributed by atoms with E-state index in [1.807, 2.05) is 24.3 Å². The molecule has 2 aromatic rings. The molecular weight excluding hydrogens is 280 g/mol. The molecule has 1 aromatic heterocycles. The van der Waals surface area contributed by atoms with Crippen molar-refractivity contribution >= 4 is 28.8 Å². The van der Waals surface area contributed by atoms with Crippen LogP contribution in [-0.4, -0.2) is 28.3 Å². The molecule has 2 amide bonds. The first-order chi connectivity index (χ1) is 10.7. The fourth-order valence-electron chi connectivity index (χ4n) is 2.86. The summed E-state index contributed by atoms with van der Waals surface area (Å²) in [5, 5.41) is 5.38. The number of rotatable bonds is 4. The number of fused-ring (bicyclic) bond motifs is 1. The molecule has 1 aromatic carbocycles. The maximum atomic E-state index is 12.0. The lowest BCUT2D eigenvalue weighted by Gasteiger charge is -2.20. The van der Waals surface area contributed by atoms with Crippen LogP contribution in [0.15, 0.2) is 24.3 Å². The number of amides is 2. The SMILES string of the molecule is O=C(CNC(=O)C1CCCCC1)Nc1nc2ccccc2[nH]1. The molecule has 1 aliphatic carbocycles. The van der Waals surface area contributed by atoms with E-state index in [4.69, 9.17) is 0 Å². The van der Waals surface area contributed by atoms with Crippen LogP contribution in [0.1, 0.15) is 32.1 Å². The van der Waals surface area contributed by atoms with E-state index >= 15 is 0 Å². The Morgan fingerprint density at radius 3 is 2.73 bits per heavy atom. The van der Waals surface area contributed by atoms with Crippen molar-refractivity contribution < 1.29 is 9.59 Å². The first-order valence-corrected chi connectivity index (χ1v) is 7.75. The minimum absolute atomic E-state index is 0.0144. The Kier molecular flexibility index (Phi) is 4.37. The van der Waals surface area contributed by atoms with Gasteiger partial charge in [-0.15, -0.1) is 0 Å². The third-order valence-electron chi connectivity index (χ3n) is 4.05. The molecule has 0 aliphatic heterocycles. The van der Waals surface area contributed by atoms with Crippen LogP contribution >= 0.6 is 0 Å². The third-order valence-corrected chi connectivity index (χ3v) is 4.05. The fourth-order valence-corrected chi connectivity index (χ4v) is 2.86. The lowest BCUT2D eigenvalue weighted by molar-refractivity contribution is -0.128. The molecule has 116 valence electrons. The number of carbonyl (C=O) groups is 2. The first-order valence-electron chi connectivity index (χ1n) is 7.75. The Morgan fingerprint density at radius 2 is 1.95 bits per heavy atom. The number of imidazole rings is 1. The van der Waals surface area contributed by atoms with E-state index in [-0.39, 0.29) is 24.3 Å². The van der Waals surface area contributed by atoms with Gasteiger partial charge in [0.2, 0.25) is 17.8 Å². The monoisotopic (exact) mass is 300 g/mol. The number of H-pyrrole nitrogens is 1. The number of para-hydroxylation sites is 2. The summed E-state index contributed by atoms with van der Waals surface area (Å²) >= 11 is 0. The van der Waals surface area contributed by atoms with Gasteiger partial charge in [0.15, 0.2) is 0 Å². The quantitative estimate of drug-likeness (QED) is 0.809. The number of hydrogen-bond donors (Lipinski definition) is 3. The molecule has 1 saturated carbocycles. The molecule has 0 saturated heterocycles. The first kappa shape index (κ1) is 14.6. The summed E-state index contributed by atoms with van der Waals surface area (Å²) in [7, 11) is 0. The van der Waals surface area contributed by atoms with Crippen LogP contribution in [0.4, 0.5) is 5.95 Å². The number of carbonyl (C=O) groups excluding carboxylic acids is 2. The van der Waals surface area contributed by atoms with Crippen molar-refractivity contribution in [2.75, 3.05) is 11.9 Å². The van der Waals surface area contributed by atoms with Crippen molar-refractivity contribution in [3.63, 3.8) is 0 Å². The highest BCUT2D eigenvalue weighted by Gasteiger charge is 2.21. The zero-order valence-electron chi connectivity index (χ0n) is 12.4. The van der Waals surface area contributed by atoms with E-state index < -0.39 is 0 Å². The number of hydrogen-bond acceptors (Lipinski definition) is 3. The molecule has 1 heterocycles. The minimum Gasteiger partial charge on any atom is -0.347 e. The average Bonchev–Trinajstić information content (AvgIpc) is 2.95. The van der Waals surface area contributed by atoms with Crippen molar-refractivity contribution in [1.29, 1.82) is 0 Å². The van der Waals surface area contributed by atoms with Gasteiger partial charge in [-0.2, -0.15) is 0 Å². The van der Waals surface area contributed by atoms with Gasteiger partial charge < -0.3 is 10.3 Å². The third kappa shape index (κ3) is 3.44. The molecule has 0 radical (unpaired) electrons. The van der Waals surface area contributed by atoms with Gasteiger partial charge in [-0.3, -0.25) is 14.9 Å². The van der Waals surface area contributed by atoms with E-state index in [1.165, 1.54) is 6.42 Å². The lowest BCUT2D eigenvalue weighted by atomic mass is 9.89. The van der Waals surface area contributed by atoms with Gasteiger partial charge in [0.1, 0.15) is 0 Å². The molecule has 1 aliphatic rings. The van der Waals surface area contributed by atoms with E-state index in [9.17, 15) is 9.59 Å². The van der Waals surface area contributed by atoms with Gasteiger partial charge >= 0.3 is 0 Å². The summed E-state index contributed by atoms with van der Waals surface area (Å²) in [6.45, 7) is -0.0214. The van der Waals surface area contributed by atoms with Crippen LogP contribution < -0.4 is 10.6 Å². The van der Waals surface area contributed by atoms with Crippen LogP contribution in [0.5, 0.6) is 0 Å². The van der Waals surface area contributed by atoms with Crippen LogP contribution in [0, 0.1) is 5.92 Å². The Morgan fingerprint density at radius 1 is 1.18 bits per heavy atom. The Labute approximate surface area is 128 Å². The molecule has 0 bridgehead atoms. The molecule has 3 rings (SSSR count). The summed E-state index contributed by atoms with van der Waals surface area (Å²) in [5.41, 5.74) is 1.66. The fraction of sp³-hybridized carbons (Fsp3) is 0.438. The minimum atomic E-state index is -0.275. The molecular formula is C16H20N4O2. The Bertz CT molecular complexity index is 641. The summed E-state index contributed by atoms with van der Waals surface area (Å²) in [6.07, 6.45) is 5.26.